The Hall–Kier alpha value is -1.22. The fraction of sp³-hybridized carbons (Fsp3) is 0.462. The Morgan fingerprint density at radius 1 is 1.35 bits per heavy atom. The second-order valence-electron chi connectivity index (χ2n) is 4.54. The number of carbonyl (C=O) groups is 1. The van der Waals surface area contributed by atoms with Gasteiger partial charge in [-0.25, -0.2) is 0 Å². The van der Waals surface area contributed by atoms with E-state index < -0.39 is 0 Å². The Kier molecular flexibility index (Phi) is 4.82. The molecule has 1 saturated carbocycles. The van der Waals surface area contributed by atoms with Gasteiger partial charge in [-0.05, 0) is 37.5 Å². The van der Waals surface area contributed by atoms with Gasteiger partial charge in [0, 0.05) is 17.3 Å². The van der Waals surface area contributed by atoms with E-state index in [1.165, 1.54) is 12.8 Å². The molecule has 1 aliphatic rings. The summed E-state index contributed by atoms with van der Waals surface area (Å²) in [6, 6.07) is 5.60. The van der Waals surface area contributed by atoms with Gasteiger partial charge in [0.2, 0.25) is 5.91 Å². The van der Waals surface area contributed by atoms with Crippen molar-refractivity contribution in [3.8, 4) is 0 Å². The molecule has 1 aliphatic carbocycles. The van der Waals surface area contributed by atoms with Crippen LogP contribution in [0.4, 0.5) is 11.4 Å². The van der Waals surface area contributed by atoms with Crippen molar-refractivity contribution in [2.45, 2.75) is 32.6 Å². The molecule has 0 spiro atoms. The molecule has 1 aromatic carbocycles. The van der Waals surface area contributed by atoms with Crippen molar-refractivity contribution in [1.29, 1.82) is 0 Å². The average molecular weight is 255 g/mol. The van der Waals surface area contributed by atoms with Crippen molar-refractivity contribution >= 4 is 29.7 Å². The Morgan fingerprint density at radius 3 is 2.65 bits per heavy atom. The maximum atomic E-state index is 11.9. The van der Waals surface area contributed by atoms with Crippen LogP contribution in [-0.2, 0) is 4.79 Å². The number of hydrogen-bond donors (Lipinski definition) is 2. The molecular weight excluding hydrogens is 236 g/mol. The largest absolute Gasteiger partial charge is 0.399 e. The molecule has 0 radical (unpaired) electrons. The minimum atomic E-state index is 0. The first-order chi connectivity index (χ1) is 7.66. The van der Waals surface area contributed by atoms with Crippen molar-refractivity contribution in [2.75, 3.05) is 11.1 Å². The molecule has 0 saturated heterocycles. The minimum Gasteiger partial charge on any atom is -0.399 e. The summed E-state index contributed by atoms with van der Waals surface area (Å²) in [4.78, 5) is 11.9. The van der Waals surface area contributed by atoms with Gasteiger partial charge in [-0.1, -0.05) is 18.9 Å². The summed E-state index contributed by atoms with van der Waals surface area (Å²) >= 11 is 0. The molecule has 0 unspecified atom stereocenters. The van der Waals surface area contributed by atoms with Gasteiger partial charge >= 0.3 is 0 Å². The molecule has 1 amide bonds. The van der Waals surface area contributed by atoms with Crippen LogP contribution in [0.2, 0.25) is 0 Å². The number of aryl methyl sites for hydroxylation is 1. The number of anilines is 2. The summed E-state index contributed by atoms with van der Waals surface area (Å²) in [6.45, 7) is 1.98. The third kappa shape index (κ3) is 3.37. The number of carbonyl (C=O) groups excluding carboxylic acids is 1. The molecule has 2 rings (SSSR count). The molecule has 0 heterocycles. The summed E-state index contributed by atoms with van der Waals surface area (Å²) in [5.74, 6) is 0.340. The van der Waals surface area contributed by atoms with Crippen LogP contribution in [0.3, 0.4) is 0 Å². The van der Waals surface area contributed by atoms with Gasteiger partial charge in [0.05, 0.1) is 0 Å². The third-order valence-electron chi connectivity index (χ3n) is 3.25. The van der Waals surface area contributed by atoms with Crippen LogP contribution in [0.25, 0.3) is 0 Å². The molecule has 4 heteroatoms. The molecule has 0 bridgehead atoms. The summed E-state index contributed by atoms with van der Waals surface area (Å²) < 4.78 is 0. The van der Waals surface area contributed by atoms with E-state index in [0.717, 1.165) is 24.1 Å². The lowest BCUT2D eigenvalue weighted by Gasteiger charge is -2.12. The Labute approximate surface area is 108 Å². The smallest absolute Gasteiger partial charge is 0.227 e. The normalized spacial score (nSPS) is 15.4. The van der Waals surface area contributed by atoms with Crippen LogP contribution in [0.15, 0.2) is 18.2 Å². The van der Waals surface area contributed by atoms with E-state index >= 15 is 0 Å². The highest BCUT2D eigenvalue weighted by Crippen LogP contribution is 2.27. The van der Waals surface area contributed by atoms with Crippen LogP contribution in [0.5, 0.6) is 0 Å². The fourth-order valence-corrected chi connectivity index (χ4v) is 2.20. The molecule has 0 aromatic heterocycles. The summed E-state index contributed by atoms with van der Waals surface area (Å²) in [5.41, 5.74) is 8.29. The molecule has 0 atom stereocenters. The van der Waals surface area contributed by atoms with Crippen molar-refractivity contribution < 1.29 is 4.79 Å². The SMILES string of the molecule is Cc1ccc(N)cc1NC(=O)C1CCCC1.Cl. The van der Waals surface area contributed by atoms with Gasteiger partial charge in [-0.15, -0.1) is 12.4 Å². The van der Waals surface area contributed by atoms with Gasteiger partial charge in [0.25, 0.3) is 0 Å². The van der Waals surface area contributed by atoms with Crippen LogP contribution in [0, 0.1) is 12.8 Å². The second-order valence-corrected chi connectivity index (χ2v) is 4.54. The van der Waals surface area contributed by atoms with Crippen molar-refractivity contribution in [2.24, 2.45) is 5.92 Å². The molecule has 17 heavy (non-hydrogen) atoms. The van der Waals surface area contributed by atoms with Gasteiger partial charge in [0.1, 0.15) is 0 Å². The van der Waals surface area contributed by atoms with Crippen LogP contribution in [0.1, 0.15) is 31.2 Å². The molecule has 1 aromatic rings. The molecule has 0 aliphatic heterocycles. The summed E-state index contributed by atoms with van der Waals surface area (Å²) in [6.07, 6.45) is 4.39. The highest BCUT2D eigenvalue weighted by Gasteiger charge is 2.22. The maximum absolute atomic E-state index is 11.9. The van der Waals surface area contributed by atoms with E-state index in [4.69, 9.17) is 5.73 Å². The average Bonchev–Trinajstić information content (AvgIpc) is 2.76. The highest BCUT2D eigenvalue weighted by atomic mass is 35.5. The van der Waals surface area contributed by atoms with E-state index in [2.05, 4.69) is 5.32 Å². The van der Waals surface area contributed by atoms with Crippen LogP contribution >= 0.6 is 12.4 Å². The van der Waals surface area contributed by atoms with Crippen molar-refractivity contribution in [3.05, 3.63) is 23.8 Å². The third-order valence-corrected chi connectivity index (χ3v) is 3.25. The lowest BCUT2D eigenvalue weighted by molar-refractivity contribution is -0.119. The van der Waals surface area contributed by atoms with Gasteiger partial charge in [-0.2, -0.15) is 0 Å². The number of benzene rings is 1. The monoisotopic (exact) mass is 254 g/mol. The molecular formula is C13H19ClN2O. The Balaban J connectivity index is 0.00000144. The fourth-order valence-electron chi connectivity index (χ4n) is 2.20. The standard InChI is InChI=1S/C13H18N2O.ClH/c1-9-6-7-11(14)8-12(9)15-13(16)10-4-2-3-5-10;/h6-8,10H,2-5,14H2,1H3,(H,15,16);1H. The molecule has 94 valence electrons. The van der Waals surface area contributed by atoms with Gasteiger partial charge in [0.15, 0.2) is 0 Å². The number of rotatable bonds is 2. The van der Waals surface area contributed by atoms with Gasteiger partial charge < -0.3 is 11.1 Å². The topological polar surface area (TPSA) is 55.1 Å². The zero-order chi connectivity index (χ0) is 11.5. The van der Waals surface area contributed by atoms with Crippen LogP contribution in [-0.4, -0.2) is 5.91 Å². The quantitative estimate of drug-likeness (QED) is 0.797. The molecule has 1 fully saturated rings. The number of nitrogens with two attached hydrogens (primary N) is 1. The highest BCUT2D eigenvalue weighted by molar-refractivity contribution is 5.93. The maximum Gasteiger partial charge on any atom is 0.227 e. The van der Waals surface area contributed by atoms with E-state index in [9.17, 15) is 4.79 Å². The number of nitrogens with one attached hydrogen (secondary N) is 1. The van der Waals surface area contributed by atoms with Crippen molar-refractivity contribution in [3.63, 3.8) is 0 Å². The molecule has 3 nitrogen and oxygen atoms in total. The Morgan fingerprint density at radius 2 is 2.00 bits per heavy atom. The van der Waals surface area contributed by atoms with Crippen molar-refractivity contribution in [1.82, 2.24) is 0 Å². The minimum absolute atomic E-state index is 0. The summed E-state index contributed by atoms with van der Waals surface area (Å²) in [5, 5.41) is 2.97. The zero-order valence-electron chi connectivity index (χ0n) is 10.0. The predicted molar refractivity (Wildman–Crippen MR) is 73.4 cm³/mol. The second kappa shape index (κ2) is 5.92. The van der Waals surface area contributed by atoms with E-state index in [-0.39, 0.29) is 24.2 Å². The molecule has 3 N–H and O–H groups in total. The lowest BCUT2D eigenvalue weighted by atomic mass is 10.1. The number of amides is 1. The first kappa shape index (κ1) is 13.8. The first-order valence-electron chi connectivity index (χ1n) is 5.84. The number of nitrogen functional groups attached to an aromatic ring is 1. The number of hydrogen-bond acceptors (Lipinski definition) is 2. The predicted octanol–water partition coefficient (Wildman–Crippen LogP) is 3.13. The van der Waals surface area contributed by atoms with E-state index in [1.807, 2.05) is 25.1 Å². The van der Waals surface area contributed by atoms with E-state index in [0.29, 0.717) is 5.69 Å². The summed E-state index contributed by atoms with van der Waals surface area (Å²) in [7, 11) is 0. The van der Waals surface area contributed by atoms with Gasteiger partial charge in [-0.3, -0.25) is 4.79 Å². The Bertz CT molecular complexity index is 400. The van der Waals surface area contributed by atoms with E-state index in [1.54, 1.807) is 0 Å². The number of halogens is 1. The zero-order valence-corrected chi connectivity index (χ0v) is 10.8. The lowest BCUT2D eigenvalue weighted by Crippen LogP contribution is -2.20. The first-order valence-corrected chi connectivity index (χ1v) is 5.84. The van der Waals surface area contributed by atoms with Crippen LogP contribution < -0.4 is 11.1 Å².